The molecule has 0 spiro atoms. The second kappa shape index (κ2) is 9.81. The fourth-order valence-corrected chi connectivity index (χ4v) is 4.99. The van der Waals surface area contributed by atoms with Gasteiger partial charge in [-0.2, -0.15) is 15.0 Å². The van der Waals surface area contributed by atoms with Crippen LogP contribution in [0.5, 0.6) is 0 Å². The van der Waals surface area contributed by atoms with Gasteiger partial charge in [-0.05, 0) is 30.7 Å². The summed E-state index contributed by atoms with van der Waals surface area (Å²) in [5.41, 5.74) is 6.44. The van der Waals surface area contributed by atoms with Crippen molar-refractivity contribution in [3.63, 3.8) is 0 Å². The van der Waals surface area contributed by atoms with Crippen LogP contribution in [0.4, 0.5) is 22.0 Å². The molecule has 0 aliphatic heterocycles. The van der Waals surface area contributed by atoms with Gasteiger partial charge in [-0.1, -0.05) is 48.2 Å². The average molecular weight is 424 g/mol. The number of anilines is 3. The number of rotatable bonds is 9. The SMILES string of the molecule is CCCCSc1nnc(SCc2nc(N)nc(Nc3ccc(F)cc3)n2)s1. The molecule has 0 radical (unpaired) electrons. The first-order valence-corrected chi connectivity index (χ1v) is 11.0. The zero-order chi connectivity index (χ0) is 19.1. The lowest BCUT2D eigenvalue weighted by Crippen LogP contribution is -2.06. The van der Waals surface area contributed by atoms with E-state index in [1.165, 1.54) is 36.7 Å². The Kier molecular flexibility index (Phi) is 7.18. The lowest BCUT2D eigenvalue weighted by atomic mass is 10.3. The molecule has 27 heavy (non-hydrogen) atoms. The third-order valence-corrected chi connectivity index (χ3v) is 6.51. The molecule has 0 aliphatic rings. The first-order chi connectivity index (χ1) is 13.1. The van der Waals surface area contributed by atoms with Crippen LogP contribution in [-0.4, -0.2) is 30.9 Å². The van der Waals surface area contributed by atoms with E-state index < -0.39 is 0 Å². The van der Waals surface area contributed by atoms with Crippen LogP contribution in [0.25, 0.3) is 0 Å². The van der Waals surface area contributed by atoms with Gasteiger partial charge in [-0.25, -0.2) is 4.39 Å². The molecule has 0 unspecified atom stereocenters. The maximum absolute atomic E-state index is 13.0. The van der Waals surface area contributed by atoms with Gasteiger partial charge in [0.15, 0.2) is 8.68 Å². The van der Waals surface area contributed by atoms with E-state index in [0.717, 1.165) is 14.4 Å². The van der Waals surface area contributed by atoms with E-state index in [1.54, 1.807) is 35.2 Å². The van der Waals surface area contributed by atoms with Crippen LogP contribution in [0.2, 0.25) is 0 Å². The van der Waals surface area contributed by atoms with Crippen molar-refractivity contribution < 1.29 is 4.39 Å². The number of nitrogens with zero attached hydrogens (tertiary/aromatic N) is 5. The second-order valence-electron chi connectivity index (χ2n) is 5.39. The van der Waals surface area contributed by atoms with Gasteiger partial charge in [0.2, 0.25) is 11.9 Å². The van der Waals surface area contributed by atoms with Crippen LogP contribution in [0.1, 0.15) is 25.6 Å². The number of thioether (sulfide) groups is 2. The number of nitrogens with two attached hydrogens (primary N) is 1. The highest BCUT2D eigenvalue weighted by Gasteiger charge is 2.09. The molecule has 2 heterocycles. The highest BCUT2D eigenvalue weighted by molar-refractivity contribution is 8.02. The fraction of sp³-hybridized carbons (Fsp3) is 0.312. The van der Waals surface area contributed by atoms with Crippen molar-refractivity contribution in [2.75, 3.05) is 16.8 Å². The van der Waals surface area contributed by atoms with Crippen LogP contribution in [0.15, 0.2) is 32.9 Å². The Bertz CT molecular complexity index is 873. The maximum Gasteiger partial charge on any atom is 0.232 e. The molecule has 142 valence electrons. The lowest BCUT2D eigenvalue weighted by Gasteiger charge is -2.06. The molecule has 0 saturated carbocycles. The second-order valence-corrected chi connectivity index (χ2v) is 8.93. The summed E-state index contributed by atoms with van der Waals surface area (Å²) in [7, 11) is 0. The third-order valence-electron chi connectivity index (χ3n) is 3.24. The Morgan fingerprint density at radius 2 is 1.81 bits per heavy atom. The number of nitrogen functional groups attached to an aromatic ring is 1. The monoisotopic (exact) mass is 423 g/mol. The van der Waals surface area contributed by atoms with Gasteiger partial charge < -0.3 is 11.1 Å². The van der Waals surface area contributed by atoms with Crippen LogP contribution >= 0.6 is 34.9 Å². The predicted octanol–water partition coefficient (Wildman–Crippen LogP) is 4.37. The van der Waals surface area contributed by atoms with Crippen molar-refractivity contribution >= 4 is 52.4 Å². The molecule has 11 heteroatoms. The van der Waals surface area contributed by atoms with Gasteiger partial charge in [-0.3, -0.25) is 0 Å². The molecule has 0 fully saturated rings. The van der Waals surface area contributed by atoms with Gasteiger partial charge in [0.05, 0.1) is 5.75 Å². The quantitative estimate of drug-likeness (QED) is 0.383. The summed E-state index contributed by atoms with van der Waals surface area (Å²) < 4.78 is 14.8. The largest absolute Gasteiger partial charge is 0.368 e. The Morgan fingerprint density at radius 1 is 1.07 bits per heavy atom. The minimum Gasteiger partial charge on any atom is -0.368 e. The summed E-state index contributed by atoms with van der Waals surface area (Å²) in [6.07, 6.45) is 2.34. The summed E-state index contributed by atoms with van der Waals surface area (Å²) in [5.74, 6) is 2.22. The minimum absolute atomic E-state index is 0.123. The molecule has 2 aromatic heterocycles. The van der Waals surface area contributed by atoms with E-state index in [2.05, 4.69) is 37.4 Å². The molecular formula is C16H18FN7S3. The third kappa shape index (κ3) is 6.29. The number of unbranched alkanes of at least 4 members (excludes halogenated alkanes) is 1. The maximum atomic E-state index is 13.0. The summed E-state index contributed by atoms with van der Waals surface area (Å²) >= 11 is 4.80. The van der Waals surface area contributed by atoms with Crippen molar-refractivity contribution in [1.82, 2.24) is 25.1 Å². The molecule has 3 N–H and O–H groups in total. The molecule has 0 aliphatic carbocycles. The number of hydrogen-bond acceptors (Lipinski definition) is 10. The Balaban J connectivity index is 1.60. The summed E-state index contributed by atoms with van der Waals surface area (Å²) in [5, 5.41) is 11.4. The van der Waals surface area contributed by atoms with E-state index in [1.807, 2.05) is 0 Å². The molecule has 0 amide bonds. The highest BCUT2D eigenvalue weighted by atomic mass is 32.2. The normalized spacial score (nSPS) is 10.9. The van der Waals surface area contributed by atoms with E-state index in [9.17, 15) is 4.39 Å². The number of nitrogens with one attached hydrogen (secondary N) is 1. The molecule has 0 atom stereocenters. The molecule has 0 bridgehead atoms. The Labute approximate surface area is 168 Å². The van der Waals surface area contributed by atoms with Gasteiger partial charge in [0, 0.05) is 11.4 Å². The molecule has 7 nitrogen and oxygen atoms in total. The first kappa shape index (κ1) is 19.8. The number of hydrogen-bond donors (Lipinski definition) is 2. The number of halogens is 1. The number of benzene rings is 1. The van der Waals surface area contributed by atoms with Crippen LogP contribution in [0, 0.1) is 5.82 Å². The van der Waals surface area contributed by atoms with Crippen molar-refractivity contribution in [3.05, 3.63) is 35.9 Å². The zero-order valence-corrected chi connectivity index (χ0v) is 17.0. The first-order valence-electron chi connectivity index (χ1n) is 8.24. The van der Waals surface area contributed by atoms with E-state index in [0.29, 0.717) is 23.2 Å². The van der Waals surface area contributed by atoms with Crippen molar-refractivity contribution in [3.8, 4) is 0 Å². The van der Waals surface area contributed by atoms with Gasteiger partial charge >= 0.3 is 0 Å². The molecule has 3 aromatic rings. The Morgan fingerprint density at radius 3 is 2.56 bits per heavy atom. The van der Waals surface area contributed by atoms with Gasteiger partial charge in [0.1, 0.15) is 11.6 Å². The average Bonchev–Trinajstić information content (AvgIpc) is 3.10. The molecule has 0 saturated heterocycles. The van der Waals surface area contributed by atoms with E-state index >= 15 is 0 Å². The standard InChI is InChI=1S/C16H18FN7S3/c1-2-3-8-25-15-23-24-16(27-15)26-9-12-20-13(18)22-14(21-12)19-11-6-4-10(17)5-7-11/h4-7H,2-3,8-9H2,1H3,(H3,18,19,20,21,22). The highest BCUT2D eigenvalue weighted by Crippen LogP contribution is 2.30. The summed E-state index contributed by atoms with van der Waals surface area (Å²) in [4.78, 5) is 12.6. The van der Waals surface area contributed by atoms with Crippen molar-refractivity contribution in [2.24, 2.45) is 0 Å². The molecule has 1 aromatic carbocycles. The zero-order valence-electron chi connectivity index (χ0n) is 14.6. The molecule has 3 rings (SSSR count). The minimum atomic E-state index is -0.308. The van der Waals surface area contributed by atoms with Crippen LogP contribution in [-0.2, 0) is 5.75 Å². The fourth-order valence-electron chi connectivity index (χ4n) is 1.96. The van der Waals surface area contributed by atoms with Crippen molar-refractivity contribution in [1.29, 1.82) is 0 Å². The lowest BCUT2D eigenvalue weighted by molar-refractivity contribution is 0.628. The molecular weight excluding hydrogens is 405 g/mol. The van der Waals surface area contributed by atoms with Crippen LogP contribution < -0.4 is 11.1 Å². The van der Waals surface area contributed by atoms with E-state index in [4.69, 9.17) is 5.73 Å². The predicted molar refractivity (Wildman–Crippen MR) is 109 cm³/mol. The summed E-state index contributed by atoms with van der Waals surface area (Å²) in [6, 6.07) is 5.91. The summed E-state index contributed by atoms with van der Waals surface area (Å²) in [6.45, 7) is 2.17. The van der Waals surface area contributed by atoms with Gasteiger partial charge in [-0.15, -0.1) is 10.2 Å². The number of aromatic nitrogens is 5. The van der Waals surface area contributed by atoms with E-state index in [-0.39, 0.29) is 11.8 Å². The van der Waals surface area contributed by atoms with Crippen LogP contribution in [0.3, 0.4) is 0 Å². The topological polar surface area (TPSA) is 102 Å². The van der Waals surface area contributed by atoms with Crippen molar-refractivity contribution in [2.45, 2.75) is 34.2 Å². The smallest absolute Gasteiger partial charge is 0.232 e. The Hall–Kier alpha value is -1.98. The van der Waals surface area contributed by atoms with Gasteiger partial charge in [0.25, 0.3) is 0 Å².